The Bertz CT molecular complexity index is 1030. The lowest BCUT2D eigenvalue weighted by Gasteiger charge is -2.25. The quantitative estimate of drug-likeness (QED) is 0.330. The number of hydrogen-bond donors (Lipinski definition) is 1. The number of carbonyl (C=O) groups excluding carboxylic acids is 2. The summed E-state index contributed by atoms with van der Waals surface area (Å²) in [6.45, 7) is 1.45. The fourth-order valence-electron chi connectivity index (χ4n) is 3.83. The van der Waals surface area contributed by atoms with Crippen LogP contribution in [0.4, 0.5) is 4.39 Å². The lowest BCUT2D eigenvalue weighted by atomic mass is 9.95. The summed E-state index contributed by atoms with van der Waals surface area (Å²) in [5.74, 6) is -1.28. The van der Waals surface area contributed by atoms with Crippen LogP contribution in [0.25, 0.3) is 5.76 Å². The highest BCUT2D eigenvalue weighted by atomic mass is 19.1. The molecule has 1 saturated heterocycles. The van der Waals surface area contributed by atoms with Gasteiger partial charge in [-0.3, -0.25) is 9.59 Å². The Balaban J connectivity index is 1.79. The van der Waals surface area contributed by atoms with E-state index in [-0.39, 0.29) is 17.9 Å². The van der Waals surface area contributed by atoms with Crippen LogP contribution in [0.5, 0.6) is 11.5 Å². The van der Waals surface area contributed by atoms with Crippen molar-refractivity contribution in [2.24, 2.45) is 0 Å². The molecule has 1 atom stereocenters. The Morgan fingerprint density at radius 3 is 2.55 bits per heavy atom. The number of ketones is 1. The Morgan fingerprint density at radius 1 is 1.13 bits per heavy atom. The fourth-order valence-corrected chi connectivity index (χ4v) is 3.83. The number of aliphatic hydroxyl groups excluding tert-OH is 1. The van der Waals surface area contributed by atoms with Gasteiger partial charge in [0.15, 0.2) is 11.5 Å². The molecule has 1 amide bonds. The number of likely N-dealkylation sites (tertiary alicyclic amines) is 1. The molecule has 2 aliphatic rings. The van der Waals surface area contributed by atoms with Gasteiger partial charge >= 0.3 is 0 Å². The minimum atomic E-state index is -0.842. The molecule has 2 aliphatic heterocycles. The SMILES string of the molecule is COCCCN1C(=O)C(=O)C(=C(O)c2ccc3c(c2)OCCO3)[C@@H]1c1ccc(F)cc1. The van der Waals surface area contributed by atoms with E-state index in [2.05, 4.69) is 0 Å². The molecule has 0 radical (unpaired) electrons. The molecular weight excluding hydrogens is 405 g/mol. The van der Waals surface area contributed by atoms with Gasteiger partial charge in [-0.1, -0.05) is 12.1 Å². The lowest BCUT2D eigenvalue weighted by molar-refractivity contribution is -0.140. The minimum absolute atomic E-state index is 0.0503. The van der Waals surface area contributed by atoms with Crippen molar-refractivity contribution in [3.8, 4) is 11.5 Å². The van der Waals surface area contributed by atoms with Crippen LogP contribution in [0.2, 0.25) is 0 Å². The van der Waals surface area contributed by atoms with Crippen molar-refractivity contribution in [2.45, 2.75) is 12.5 Å². The van der Waals surface area contributed by atoms with Gasteiger partial charge in [0, 0.05) is 25.8 Å². The van der Waals surface area contributed by atoms with Crippen LogP contribution in [0, 0.1) is 5.82 Å². The number of ether oxygens (including phenoxy) is 3. The highest BCUT2D eigenvalue weighted by molar-refractivity contribution is 6.46. The molecule has 162 valence electrons. The molecule has 0 unspecified atom stereocenters. The van der Waals surface area contributed by atoms with Crippen LogP contribution in [-0.4, -0.2) is 55.2 Å². The zero-order valence-corrected chi connectivity index (χ0v) is 17.0. The van der Waals surface area contributed by atoms with Crippen LogP contribution in [0.3, 0.4) is 0 Å². The molecule has 0 aromatic heterocycles. The van der Waals surface area contributed by atoms with Gasteiger partial charge in [-0.15, -0.1) is 0 Å². The number of halogens is 1. The first-order valence-electron chi connectivity index (χ1n) is 9.94. The van der Waals surface area contributed by atoms with Crippen LogP contribution in [0.1, 0.15) is 23.6 Å². The summed E-state index contributed by atoms with van der Waals surface area (Å²) < 4.78 is 29.6. The third-order valence-corrected chi connectivity index (χ3v) is 5.29. The molecule has 0 saturated carbocycles. The van der Waals surface area contributed by atoms with E-state index < -0.39 is 23.5 Å². The number of fused-ring (bicyclic) bond motifs is 1. The number of Topliss-reactive ketones (excluding diaryl/α,β-unsaturated/α-hetero) is 1. The molecule has 4 rings (SSSR count). The van der Waals surface area contributed by atoms with Gasteiger partial charge < -0.3 is 24.2 Å². The van der Waals surface area contributed by atoms with E-state index in [0.29, 0.717) is 48.9 Å². The van der Waals surface area contributed by atoms with E-state index in [1.54, 1.807) is 25.3 Å². The van der Waals surface area contributed by atoms with Crippen molar-refractivity contribution in [1.29, 1.82) is 0 Å². The predicted octanol–water partition coefficient (Wildman–Crippen LogP) is 3.06. The standard InChI is InChI=1S/C23H22FNO6/c1-29-10-2-9-25-20(14-3-6-16(24)7-4-14)19(22(27)23(25)28)21(26)15-5-8-17-18(13-15)31-12-11-30-17/h3-8,13,20,26H,2,9-12H2,1H3/t20-/m0/s1. The first-order chi connectivity index (χ1) is 15.0. The highest BCUT2D eigenvalue weighted by Crippen LogP contribution is 2.41. The Kier molecular flexibility index (Phi) is 5.90. The van der Waals surface area contributed by atoms with Crippen molar-refractivity contribution >= 4 is 17.4 Å². The first-order valence-corrected chi connectivity index (χ1v) is 9.94. The van der Waals surface area contributed by atoms with Crippen molar-refractivity contribution in [3.63, 3.8) is 0 Å². The maximum Gasteiger partial charge on any atom is 0.295 e. The molecule has 8 heteroatoms. The van der Waals surface area contributed by atoms with Gasteiger partial charge in [0.05, 0.1) is 11.6 Å². The maximum atomic E-state index is 13.5. The molecule has 31 heavy (non-hydrogen) atoms. The topological polar surface area (TPSA) is 85.3 Å². The molecule has 2 aromatic carbocycles. The lowest BCUT2D eigenvalue weighted by Crippen LogP contribution is -2.31. The normalized spacial score (nSPS) is 19.7. The molecule has 2 heterocycles. The summed E-state index contributed by atoms with van der Waals surface area (Å²) in [6.07, 6.45) is 0.505. The molecule has 0 aliphatic carbocycles. The van der Waals surface area contributed by atoms with Gasteiger partial charge in [-0.25, -0.2) is 4.39 Å². The predicted molar refractivity (Wildman–Crippen MR) is 109 cm³/mol. The summed E-state index contributed by atoms with van der Waals surface area (Å²) in [5, 5.41) is 11.1. The van der Waals surface area contributed by atoms with E-state index >= 15 is 0 Å². The first kappa shape index (κ1) is 20.9. The van der Waals surface area contributed by atoms with Crippen LogP contribution in [-0.2, 0) is 14.3 Å². The van der Waals surface area contributed by atoms with Gasteiger partial charge in [-0.2, -0.15) is 0 Å². The number of aliphatic hydroxyl groups is 1. The van der Waals surface area contributed by atoms with Gasteiger partial charge in [0.2, 0.25) is 0 Å². The maximum absolute atomic E-state index is 13.5. The zero-order chi connectivity index (χ0) is 22.0. The number of rotatable bonds is 6. The monoisotopic (exact) mass is 427 g/mol. The van der Waals surface area contributed by atoms with Gasteiger partial charge in [-0.05, 0) is 42.3 Å². The smallest absolute Gasteiger partial charge is 0.295 e. The number of methoxy groups -OCH3 is 1. The third-order valence-electron chi connectivity index (χ3n) is 5.29. The second-order valence-electron chi connectivity index (χ2n) is 7.25. The molecule has 1 N–H and O–H groups in total. The zero-order valence-electron chi connectivity index (χ0n) is 17.0. The second-order valence-corrected chi connectivity index (χ2v) is 7.25. The molecule has 2 aromatic rings. The van der Waals surface area contributed by atoms with Crippen molar-refractivity contribution in [1.82, 2.24) is 4.90 Å². The van der Waals surface area contributed by atoms with Gasteiger partial charge in [0.1, 0.15) is 24.8 Å². The van der Waals surface area contributed by atoms with E-state index in [0.717, 1.165) is 0 Å². The minimum Gasteiger partial charge on any atom is -0.507 e. The van der Waals surface area contributed by atoms with Crippen molar-refractivity contribution < 1.29 is 33.3 Å². The number of hydrogen-bond acceptors (Lipinski definition) is 6. The summed E-state index contributed by atoms with van der Waals surface area (Å²) in [5.41, 5.74) is 0.800. The third kappa shape index (κ3) is 3.98. The summed E-state index contributed by atoms with van der Waals surface area (Å²) in [6, 6.07) is 9.51. The molecule has 0 spiro atoms. The van der Waals surface area contributed by atoms with Crippen molar-refractivity contribution in [3.05, 3.63) is 65.0 Å². The average Bonchev–Trinajstić information content (AvgIpc) is 3.04. The van der Waals surface area contributed by atoms with E-state index in [4.69, 9.17) is 14.2 Å². The average molecular weight is 427 g/mol. The van der Waals surface area contributed by atoms with Gasteiger partial charge in [0.25, 0.3) is 11.7 Å². The van der Waals surface area contributed by atoms with E-state index in [9.17, 15) is 19.1 Å². The fraction of sp³-hybridized carbons (Fsp3) is 0.304. The van der Waals surface area contributed by atoms with E-state index in [1.165, 1.54) is 29.2 Å². The van der Waals surface area contributed by atoms with E-state index in [1.807, 2.05) is 0 Å². The largest absolute Gasteiger partial charge is 0.507 e. The van der Waals surface area contributed by atoms with Crippen molar-refractivity contribution in [2.75, 3.05) is 33.5 Å². The summed E-state index contributed by atoms with van der Waals surface area (Å²) >= 11 is 0. The summed E-state index contributed by atoms with van der Waals surface area (Å²) in [7, 11) is 1.55. The van der Waals surface area contributed by atoms with Crippen LogP contribution >= 0.6 is 0 Å². The Morgan fingerprint density at radius 2 is 1.84 bits per heavy atom. The van der Waals surface area contributed by atoms with Crippen LogP contribution < -0.4 is 9.47 Å². The number of nitrogens with zero attached hydrogens (tertiary/aromatic N) is 1. The second kappa shape index (κ2) is 8.77. The highest BCUT2D eigenvalue weighted by Gasteiger charge is 2.45. The Hall–Kier alpha value is -3.39. The summed E-state index contributed by atoms with van der Waals surface area (Å²) in [4.78, 5) is 27.1. The number of benzene rings is 2. The van der Waals surface area contributed by atoms with Crippen LogP contribution in [0.15, 0.2) is 48.0 Å². The molecule has 1 fully saturated rings. The molecular formula is C23H22FNO6. The Labute approximate surface area is 178 Å². The number of carbonyl (C=O) groups is 2. The number of amides is 1. The molecule has 0 bridgehead atoms. The molecule has 7 nitrogen and oxygen atoms in total.